The van der Waals surface area contributed by atoms with Crippen LogP contribution < -0.4 is 4.74 Å². The van der Waals surface area contributed by atoms with Crippen molar-refractivity contribution in [3.8, 4) is 11.5 Å². The Labute approximate surface area is 132 Å². The smallest absolute Gasteiger partial charge is 0.133 e. The fourth-order valence-electron chi connectivity index (χ4n) is 2.12. The molecule has 0 saturated carbocycles. The summed E-state index contributed by atoms with van der Waals surface area (Å²) in [7, 11) is 0. The number of aliphatic hydroxyl groups is 1. The van der Waals surface area contributed by atoms with Gasteiger partial charge in [-0.05, 0) is 54.8 Å². The summed E-state index contributed by atoms with van der Waals surface area (Å²) in [6.45, 7) is 5.75. The van der Waals surface area contributed by atoms with Crippen molar-refractivity contribution < 1.29 is 14.2 Å². The monoisotopic (exact) mass is 352 g/mol. The zero-order valence-electron chi connectivity index (χ0n) is 12.2. The Bertz CT molecular complexity index is 583. The molecule has 4 heteroatoms. The summed E-state index contributed by atoms with van der Waals surface area (Å²) >= 11 is 3.45. The first kappa shape index (κ1) is 16.0. The lowest BCUT2D eigenvalue weighted by Crippen LogP contribution is -1.99. The van der Waals surface area contributed by atoms with Gasteiger partial charge in [0.25, 0.3) is 0 Å². The van der Waals surface area contributed by atoms with Crippen molar-refractivity contribution >= 4 is 15.9 Å². The van der Waals surface area contributed by atoms with Crippen molar-refractivity contribution in [1.82, 2.24) is 0 Å². The molecular formula is C17H18BrFO2. The second-order valence-corrected chi connectivity index (χ2v) is 6.21. The Morgan fingerprint density at radius 2 is 1.62 bits per heavy atom. The highest BCUT2D eigenvalue weighted by Gasteiger charge is 2.14. The standard InChI is InChI=1S/C17H18BrFO2/c1-10(2)14-8-12(18)4-6-16(14)21-17-7-5-13(19)9-15(17)11(3)20/h4-11,20H,1-3H3/t11-/m0/s1. The van der Waals surface area contributed by atoms with E-state index < -0.39 is 11.9 Å². The molecule has 0 spiro atoms. The first-order valence-electron chi connectivity index (χ1n) is 6.83. The van der Waals surface area contributed by atoms with Crippen LogP contribution in [0.3, 0.4) is 0 Å². The number of halogens is 2. The van der Waals surface area contributed by atoms with Gasteiger partial charge < -0.3 is 9.84 Å². The molecule has 0 aromatic heterocycles. The summed E-state index contributed by atoms with van der Waals surface area (Å²) in [5.74, 6) is 1.07. The lowest BCUT2D eigenvalue weighted by molar-refractivity contribution is 0.195. The van der Waals surface area contributed by atoms with E-state index in [1.807, 2.05) is 18.2 Å². The molecule has 2 nitrogen and oxygen atoms in total. The SMILES string of the molecule is CC(C)c1cc(Br)ccc1Oc1ccc(F)cc1[C@H](C)O. The molecule has 0 fully saturated rings. The van der Waals surface area contributed by atoms with Gasteiger partial charge in [-0.2, -0.15) is 0 Å². The quantitative estimate of drug-likeness (QED) is 0.780. The summed E-state index contributed by atoms with van der Waals surface area (Å²) in [6.07, 6.45) is -0.798. The van der Waals surface area contributed by atoms with Crippen LogP contribution >= 0.6 is 15.9 Å². The molecule has 2 rings (SSSR count). The zero-order valence-corrected chi connectivity index (χ0v) is 13.8. The van der Waals surface area contributed by atoms with Crippen LogP contribution in [0.2, 0.25) is 0 Å². The minimum atomic E-state index is -0.798. The third-order valence-corrected chi connectivity index (χ3v) is 3.73. The maximum Gasteiger partial charge on any atom is 0.133 e. The Morgan fingerprint density at radius 1 is 1.00 bits per heavy atom. The van der Waals surface area contributed by atoms with Crippen LogP contribution in [-0.4, -0.2) is 5.11 Å². The van der Waals surface area contributed by atoms with Crippen LogP contribution in [0.4, 0.5) is 4.39 Å². The lowest BCUT2D eigenvalue weighted by atomic mass is 10.0. The minimum Gasteiger partial charge on any atom is -0.457 e. The largest absolute Gasteiger partial charge is 0.457 e. The highest BCUT2D eigenvalue weighted by atomic mass is 79.9. The molecule has 0 aliphatic carbocycles. The molecule has 2 aromatic carbocycles. The van der Waals surface area contributed by atoms with Gasteiger partial charge in [0.1, 0.15) is 17.3 Å². The van der Waals surface area contributed by atoms with Crippen molar-refractivity contribution in [2.75, 3.05) is 0 Å². The molecule has 0 aliphatic rings. The van der Waals surface area contributed by atoms with Gasteiger partial charge in [-0.25, -0.2) is 4.39 Å². The van der Waals surface area contributed by atoms with Gasteiger partial charge in [-0.15, -0.1) is 0 Å². The minimum absolute atomic E-state index is 0.285. The van der Waals surface area contributed by atoms with E-state index in [0.29, 0.717) is 17.1 Å². The summed E-state index contributed by atoms with van der Waals surface area (Å²) in [5.41, 5.74) is 1.48. The lowest BCUT2D eigenvalue weighted by Gasteiger charge is -2.17. The van der Waals surface area contributed by atoms with Crippen LogP contribution in [0.25, 0.3) is 0 Å². The van der Waals surface area contributed by atoms with Gasteiger partial charge in [-0.1, -0.05) is 29.8 Å². The van der Waals surface area contributed by atoms with E-state index >= 15 is 0 Å². The predicted octanol–water partition coefficient (Wildman–Crippen LogP) is 5.56. The first-order valence-corrected chi connectivity index (χ1v) is 7.62. The molecular weight excluding hydrogens is 335 g/mol. The number of hydrogen-bond acceptors (Lipinski definition) is 2. The molecule has 0 radical (unpaired) electrons. The second-order valence-electron chi connectivity index (χ2n) is 5.30. The fraction of sp³-hybridized carbons (Fsp3) is 0.294. The molecule has 21 heavy (non-hydrogen) atoms. The number of hydrogen-bond donors (Lipinski definition) is 1. The Hall–Kier alpha value is -1.39. The average Bonchev–Trinajstić information content (AvgIpc) is 2.42. The second kappa shape index (κ2) is 6.58. The molecule has 2 aromatic rings. The molecule has 0 heterocycles. The Balaban J connectivity index is 2.43. The van der Waals surface area contributed by atoms with Crippen molar-refractivity contribution in [3.63, 3.8) is 0 Å². The Kier molecular flexibility index (Phi) is 5.01. The number of aliphatic hydroxyl groups excluding tert-OH is 1. The highest BCUT2D eigenvalue weighted by Crippen LogP contribution is 2.35. The Morgan fingerprint density at radius 3 is 2.24 bits per heavy atom. The van der Waals surface area contributed by atoms with E-state index in [-0.39, 0.29) is 5.92 Å². The molecule has 0 amide bonds. The van der Waals surface area contributed by atoms with Crippen LogP contribution in [0, 0.1) is 5.82 Å². The summed E-state index contributed by atoms with van der Waals surface area (Å²) in [4.78, 5) is 0. The number of benzene rings is 2. The molecule has 0 bridgehead atoms. The van der Waals surface area contributed by atoms with Crippen LogP contribution in [0.15, 0.2) is 40.9 Å². The molecule has 112 valence electrons. The van der Waals surface area contributed by atoms with Crippen molar-refractivity contribution in [2.45, 2.75) is 32.8 Å². The van der Waals surface area contributed by atoms with Crippen LogP contribution in [-0.2, 0) is 0 Å². The van der Waals surface area contributed by atoms with Gasteiger partial charge in [-0.3, -0.25) is 0 Å². The fourth-order valence-corrected chi connectivity index (χ4v) is 2.50. The van der Waals surface area contributed by atoms with E-state index in [1.165, 1.54) is 12.1 Å². The number of rotatable bonds is 4. The van der Waals surface area contributed by atoms with Crippen LogP contribution in [0.1, 0.15) is 43.9 Å². The summed E-state index contributed by atoms with van der Waals surface area (Å²) < 4.78 is 20.2. The zero-order chi connectivity index (χ0) is 15.6. The maximum absolute atomic E-state index is 13.3. The molecule has 0 unspecified atom stereocenters. The third-order valence-electron chi connectivity index (χ3n) is 3.24. The third kappa shape index (κ3) is 3.83. The average molecular weight is 353 g/mol. The van der Waals surface area contributed by atoms with Gasteiger partial charge in [0.15, 0.2) is 0 Å². The van der Waals surface area contributed by atoms with Crippen molar-refractivity contribution in [1.29, 1.82) is 0 Å². The van der Waals surface area contributed by atoms with E-state index in [4.69, 9.17) is 4.74 Å². The van der Waals surface area contributed by atoms with Crippen molar-refractivity contribution in [2.24, 2.45) is 0 Å². The topological polar surface area (TPSA) is 29.5 Å². The van der Waals surface area contributed by atoms with E-state index in [1.54, 1.807) is 13.0 Å². The molecule has 1 N–H and O–H groups in total. The molecule has 0 aliphatic heterocycles. The van der Waals surface area contributed by atoms with Crippen LogP contribution in [0.5, 0.6) is 11.5 Å². The number of ether oxygens (including phenoxy) is 1. The maximum atomic E-state index is 13.3. The van der Waals surface area contributed by atoms with Gasteiger partial charge in [0, 0.05) is 10.0 Å². The van der Waals surface area contributed by atoms with Gasteiger partial charge >= 0.3 is 0 Å². The van der Waals surface area contributed by atoms with E-state index in [9.17, 15) is 9.50 Å². The van der Waals surface area contributed by atoms with Crippen molar-refractivity contribution in [3.05, 3.63) is 57.8 Å². The highest BCUT2D eigenvalue weighted by molar-refractivity contribution is 9.10. The first-order chi connectivity index (χ1) is 9.88. The van der Waals surface area contributed by atoms with Gasteiger partial charge in [0.2, 0.25) is 0 Å². The molecule has 1 atom stereocenters. The summed E-state index contributed by atoms with van der Waals surface area (Å²) in [5, 5.41) is 9.78. The van der Waals surface area contributed by atoms with Gasteiger partial charge in [0.05, 0.1) is 6.10 Å². The normalized spacial score (nSPS) is 12.5. The predicted molar refractivity (Wildman–Crippen MR) is 85.3 cm³/mol. The van der Waals surface area contributed by atoms with E-state index in [0.717, 1.165) is 10.0 Å². The van der Waals surface area contributed by atoms with E-state index in [2.05, 4.69) is 29.8 Å². The molecule has 0 saturated heterocycles. The summed E-state index contributed by atoms with van der Waals surface area (Å²) in [6, 6.07) is 9.94.